The van der Waals surface area contributed by atoms with Crippen molar-refractivity contribution in [2.75, 3.05) is 7.05 Å². The molecule has 0 aliphatic heterocycles. The summed E-state index contributed by atoms with van der Waals surface area (Å²) < 4.78 is 7.65. The minimum Gasteiger partial charge on any atom is -0.444 e. The summed E-state index contributed by atoms with van der Waals surface area (Å²) in [6.07, 6.45) is 5.06. The number of nitrogens with zero attached hydrogens (tertiary/aromatic N) is 5. The standard InChI is InChI=1S/C19H25N5O/c1-14(15-6-8-16(9-7-15)24-13-20-12-22-24)23(5)11-18-21-10-17(25-18)19(2,3)4/h6-10,12-14H,11H2,1-5H3/t14-/m0/s1. The number of aromatic nitrogens is 4. The lowest BCUT2D eigenvalue weighted by atomic mass is 9.94. The van der Waals surface area contributed by atoms with Crippen LogP contribution >= 0.6 is 0 Å². The van der Waals surface area contributed by atoms with Gasteiger partial charge in [-0.1, -0.05) is 32.9 Å². The van der Waals surface area contributed by atoms with Crippen molar-refractivity contribution in [2.24, 2.45) is 0 Å². The summed E-state index contributed by atoms with van der Waals surface area (Å²) in [7, 11) is 2.08. The second-order valence-electron chi connectivity index (χ2n) is 7.39. The van der Waals surface area contributed by atoms with Crippen molar-refractivity contribution < 1.29 is 4.42 Å². The Morgan fingerprint density at radius 2 is 1.92 bits per heavy atom. The lowest BCUT2D eigenvalue weighted by Crippen LogP contribution is -2.22. The fourth-order valence-electron chi connectivity index (χ4n) is 2.58. The largest absolute Gasteiger partial charge is 0.444 e. The topological polar surface area (TPSA) is 60.0 Å². The number of hydrogen-bond donors (Lipinski definition) is 0. The average Bonchev–Trinajstić information content (AvgIpc) is 3.25. The van der Waals surface area contributed by atoms with Crippen LogP contribution in [0.5, 0.6) is 0 Å². The first kappa shape index (κ1) is 17.4. The molecule has 6 nitrogen and oxygen atoms in total. The van der Waals surface area contributed by atoms with Crippen molar-refractivity contribution in [1.82, 2.24) is 24.6 Å². The Kier molecular flexibility index (Phi) is 4.72. The molecule has 0 amide bonds. The van der Waals surface area contributed by atoms with Gasteiger partial charge in [0.2, 0.25) is 5.89 Å². The second kappa shape index (κ2) is 6.80. The van der Waals surface area contributed by atoms with Gasteiger partial charge in [-0.25, -0.2) is 14.6 Å². The highest BCUT2D eigenvalue weighted by molar-refractivity contribution is 5.34. The highest BCUT2D eigenvalue weighted by Crippen LogP contribution is 2.25. The molecular weight excluding hydrogens is 314 g/mol. The number of benzene rings is 1. The van der Waals surface area contributed by atoms with Crippen molar-refractivity contribution in [1.29, 1.82) is 0 Å². The van der Waals surface area contributed by atoms with E-state index in [1.165, 1.54) is 11.9 Å². The Morgan fingerprint density at radius 3 is 2.48 bits per heavy atom. The molecule has 0 fully saturated rings. The highest BCUT2D eigenvalue weighted by atomic mass is 16.4. The van der Waals surface area contributed by atoms with E-state index in [2.05, 4.69) is 79.0 Å². The molecule has 0 spiro atoms. The normalized spacial score (nSPS) is 13.4. The van der Waals surface area contributed by atoms with E-state index in [0.29, 0.717) is 6.54 Å². The minimum atomic E-state index is -0.0212. The number of hydrogen-bond acceptors (Lipinski definition) is 5. The van der Waals surface area contributed by atoms with Crippen LogP contribution in [0.4, 0.5) is 0 Å². The third-order valence-corrected chi connectivity index (χ3v) is 4.40. The summed E-state index contributed by atoms with van der Waals surface area (Å²) in [5.74, 6) is 1.67. The third kappa shape index (κ3) is 3.96. The molecule has 3 rings (SSSR count). The molecular formula is C19H25N5O. The first-order valence-corrected chi connectivity index (χ1v) is 8.45. The van der Waals surface area contributed by atoms with Crippen LogP contribution in [-0.4, -0.2) is 31.7 Å². The van der Waals surface area contributed by atoms with E-state index in [1.807, 2.05) is 6.20 Å². The van der Waals surface area contributed by atoms with Crippen LogP contribution in [-0.2, 0) is 12.0 Å². The van der Waals surface area contributed by atoms with Gasteiger partial charge in [-0.15, -0.1) is 0 Å². The van der Waals surface area contributed by atoms with Gasteiger partial charge >= 0.3 is 0 Å². The predicted octanol–water partition coefficient (Wildman–Crippen LogP) is 3.75. The summed E-state index contributed by atoms with van der Waals surface area (Å²) in [5.41, 5.74) is 2.21. The molecule has 0 bridgehead atoms. The average molecular weight is 339 g/mol. The van der Waals surface area contributed by atoms with Crippen molar-refractivity contribution in [3.8, 4) is 5.69 Å². The van der Waals surface area contributed by atoms with E-state index in [9.17, 15) is 0 Å². The molecule has 132 valence electrons. The summed E-state index contributed by atoms with van der Waals surface area (Å²) in [5, 5.41) is 4.15. The maximum Gasteiger partial charge on any atom is 0.208 e. The van der Waals surface area contributed by atoms with Gasteiger partial charge in [0, 0.05) is 11.5 Å². The summed E-state index contributed by atoms with van der Waals surface area (Å²) in [4.78, 5) is 10.6. The maximum absolute atomic E-state index is 5.90. The van der Waals surface area contributed by atoms with Crippen LogP contribution in [0.2, 0.25) is 0 Å². The molecule has 0 radical (unpaired) electrons. The SMILES string of the molecule is C[C@@H](c1ccc(-n2cncn2)cc1)N(C)Cc1ncc(C(C)(C)C)o1. The van der Waals surface area contributed by atoms with Gasteiger partial charge in [0.15, 0.2) is 0 Å². The van der Waals surface area contributed by atoms with Crippen LogP contribution in [0.1, 0.15) is 51.0 Å². The first-order valence-electron chi connectivity index (χ1n) is 8.45. The number of rotatable bonds is 5. The Balaban J connectivity index is 1.67. The minimum absolute atomic E-state index is 0.0212. The Labute approximate surface area is 148 Å². The first-order chi connectivity index (χ1) is 11.8. The molecule has 0 aliphatic rings. The summed E-state index contributed by atoms with van der Waals surface area (Å²) >= 11 is 0. The smallest absolute Gasteiger partial charge is 0.208 e. The van der Waals surface area contributed by atoms with E-state index in [-0.39, 0.29) is 11.5 Å². The maximum atomic E-state index is 5.90. The van der Waals surface area contributed by atoms with Crippen LogP contribution in [0.25, 0.3) is 5.69 Å². The van der Waals surface area contributed by atoms with Crippen molar-refractivity contribution in [2.45, 2.75) is 45.7 Å². The van der Waals surface area contributed by atoms with Gasteiger partial charge in [0.05, 0.1) is 18.4 Å². The molecule has 3 aromatic rings. The van der Waals surface area contributed by atoms with Gasteiger partial charge in [-0.3, -0.25) is 4.90 Å². The monoisotopic (exact) mass is 339 g/mol. The van der Waals surface area contributed by atoms with E-state index in [1.54, 1.807) is 11.0 Å². The highest BCUT2D eigenvalue weighted by Gasteiger charge is 2.20. The van der Waals surface area contributed by atoms with Crippen LogP contribution in [0, 0.1) is 0 Å². The van der Waals surface area contributed by atoms with Crippen molar-refractivity contribution in [3.63, 3.8) is 0 Å². The lowest BCUT2D eigenvalue weighted by molar-refractivity contribution is 0.222. The number of oxazole rings is 1. The zero-order valence-electron chi connectivity index (χ0n) is 15.5. The van der Waals surface area contributed by atoms with Crippen LogP contribution < -0.4 is 0 Å². The van der Waals surface area contributed by atoms with E-state index in [0.717, 1.165) is 17.3 Å². The molecule has 0 N–H and O–H groups in total. The summed E-state index contributed by atoms with van der Waals surface area (Å²) in [6, 6.07) is 8.59. The van der Waals surface area contributed by atoms with E-state index < -0.39 is 0 Å². The van der Waals surface area contributed by atoms with Gasteiger partial charge in [0.1, 0.15) is 18.4 Å². The van der Waals surface area contributed by atoms with Crippen LogP contribution in [0.3, 0.4) is 0 Å². The predicted molar refractivity (Wildman–Crippen MR) is 96.4 cm³/mol. The van der Waals surface area contributed by atoms with Crippen molar-refractivity contribution >= 4 is 0 Å². The Bertz CT molecular complexity index is 799. The van der Waals surface area contributed by atoms with Gasteiger partial charge in [-0.05, 0) is 31.7 Å². The lowest BCUT2D eigenvalue weighted by Gasteiger charge is -2.24. The molecule has 6 heteroatoms. The molecule has 25 heavy (non-hydrogen) atoms. The zero-order chi connectivity index (χ0) is 18.0. The molecule has 0 saturated carbocycles. The molecule has 0 aliphatic carbocycles. The zero-order valence-corrected chi connectivity index (χ0v) is 15.5. The van der Waals surface area contributed by atoms with Gasteiger partial charge < -0.3 is 4.42 Å². The second-order valence-corrected chi connectivity index (χ2v) is 7.39. The molecule has 1 atom stereocenters. The summed E-state index contributed by atoms with van der Waals surface area (Å²) in [6.45, 7) is 9.22. The fourth-order valence-corrected chi connectivity index (χ4v) is 2.58. The Morgan fingerprint density at radius 1 is 1.20 bits per heavy atom. The Hall–Kier alpha value is -2.47. The molecule has 0 unspecified atom stereocenters. The molecule has 1 aromatic carbocycles. The quantitative estimate of drug-likeness (QED) is 0.708. The molecule has 2 aromatic heterocycles. The van der Waals surface area contributed by atoms with Crippen molar-refractivity contribution in [3.05, 3.63) is 60.3 Å². The van der Waals surface area contributed by atoms with Gasteiger partial charge in [0.25, 0.3) is 0 Å². The fraction of sp³-hybridized carbons (Fsp3) is 0.421. The van der Waals surface area contributed by atoms with E-state index in [4.69, 9.17) is 4.42 Å². The molecule has 2 heterocycles. The molecule has 0 saturated heterocycles. The third-order valence-electron chi connectivity index (χ3n) is 4.40. The van der Waals surface area contributed by atoms with E-state index >= 15 is 0 Å². The van der Waals surface area contributed by atoms with Crippen LogP contribution in [0.15, 0.2) is 47.5 Å². The van der Waals surface area contributed by atoms with Gasteiger partial charge in [-0.2, -0.15) is 5.10 Å².